The van der Waals surface area contributed by atoms with Crippen LogP contribution in [0.2, 0.25) is 0 Å². The zero-order chi connectivity index (χ0) is 18.9. The van der Waals surface area contributed by atoms with Gasteiger partial charge < -0.3 is 9.72 Å². The molecule has 3 aromatic rings. The summed E-state index contributed by atoms with van der Waals surface area (Å²) in [6.07, 6.45) is -0.555. The SMILES string of the molecule is COc1ccc(C=Cc2[nH]c3cc(Br)ccc3c2C(=O)C(F)(F)F)nc1. The van der Waals surface area contributed by atoms with E-state index in [1.54, 1.807) is 24.3 Å². The van der Waals surface area contributed by atoms with Gasteiger partial charge in [-0.2, -0.15) is 13.2 Å². The number of Topliss-reactive ketones (excluding diaryl/α,β-unsaturated/α-hetero) is 1. The van der Waals surface area contributed by atoms with Crippen LogP contribution < -0.4 is 4.74 Å². The molecule has 0 atom stereocenters. The Morgan fingerprint density at radius 3 is 2.62 bits per heavy atom. The molecule has 0 spiro atoms. The number of pyridine rings is 1. The van der Waals surface area contributed by atoms with E-state index in [0.29, 0.717) is 21.4 Å². The maximum Gasteiger partial charge on any atom is 0.454 e. The first-order chi connectivity index (χ1) is 12.3. The Balaban J connectivity index is 2.08. The van der Waals surface area contributed by atoms with Crippen LogP contribution in [0.25, 0.3) is 23.1 Å². The fourth-order valence-corrected chi connectivity index (χ4v) is 2.84. The second-order valence-corrected chi connectivity index (χ2v) is 6.30. The van der Waals surface area contributed by atoms with Crippen molar-refractivity contribution in [2.45, 2.75) is 6.18 Å². The molecule has 0 fully saturated rings. The molecule has 0 aliphatic carbocycles. The lowest BCUT2D eigenvalue weighted by molar-refractivity contribution is -0.0884. The molecule has 0 amide bonds. The van der Waals surface area contributed by atoms with Gasteiger partial charge in [0, 0.05) is 15.4 Å². The minimum atomic E-state index is -4.97. The second kappa shape index (κ2) is 6.95. The van der Waals surface area contributed by atoms with Crippen molar-refractivity contribution in [3.8, 4) is 5.75 Å². The minimum Gasteiger partial charge on any atom is -0.495 e. The van der Waals surface area contributed by atoms with E-state index in [0.717, 1.165) is 0 Å². The van der Waals surface area contributed by atoms with Crippen molar-refractivity contribution in [3.05, 3.63) is 58.0 Å². The van der Waals surface area contributed by atoms with E-state index in [-0.39, 0.29) is 11.1 Å². The smallest absolute Gasteiger partial charge is 0.454 e. The lowest BCUT2D eigenvalue weighted by Crippen LogP contribution is -2.23. The Labute approximate surface area is 154 Å². The first-order valence-electron chi connectivity index (χ1n) is 7.40. The van der Waals surface area contributed by atoms with E-state index >= 15 is 0 Å². The van der Waals surface area contributed by atoms with E-state index in [2.05, 4.69) is 25.9 Å². The number of hydrogen-bond acceptors (Lipinski definition) is 3. The van der Waals surface area contributed by atoms with Crippen molar-refractivity contribution in [1.29, 1.82) is 0 Å². The van der Waals surface area contributed by atoms with Crippen molar-refractivity contribution in [1.82, 2.24) is 9.97 Å². The first kappa shape index (κ1) is 18.2. The molecule has 0 aliphatic rings. The zero-order valence-electron chi connectivity index (χ0n) is 13.4. The number of aromatic nitrogens is 2. The third-order valence-corrected chi connectivity index (χ3v) is 4.18. The Kier molecular flexibility index (Phi) is 4.86. The van der Waals surface area contributed by atoms with Crippen molar-refractivity contribution in [2.75, 3.05) is 7.11 Å². The molecule has 2 heterocycles. The number of ether oxygens (including phenoxy) is 1. The van der Waals surface area contributed by atoms with E-state index in [1.165, 1.54) is 31.5 Å². The molecule has 134 valence electrons. The number of nitrogens with one attached hydrogen (secondary N) is 1. The fourth-order valence-electron chi connectivity index (χ4n) is 2.48. The quantitative estimate of drug-likeness (QED) is 0.581. The van der Waals surface area contributed by atoms with Gasteiger partial charge in [-0.3, -0.25) is 9.78 Å². The summed E-state index contributed by atoms with van der Waals surface area (Å²) in [7, 11) is 1.50. The van der Waals surface area contributed by atoms with Crippen LogP contribution in [0.5, 0.6) is 5.75 Å². The Morgan fingerprint density at radius 2 is 2.00 bits per heavy atom. The van der Waals surface area contributed by atoms with Gasteiger partial charge >= 0.3 is 6.18 Å². The number of methoxy groups -OCH3 is 1. The summed E-state index contributed by atoms with van der Waals surface area (Å²) in [5.41, 5.74) is 0.591. The number of carbonyl (C=O) groups is 1. The number of hydrogen-bond donors (Lipinski definition) is 1. The molecule has 0 bridgehead atoms. The van der Waals surface area contributed by atoms with Gasteiger partial charge in [-0.25, -0.2) is 0 Å². The van der Waals surface area contributed by atoms with Crippen LogP contribution >= 0.6 is 15.9 Å². The zero-order valence-corrected chi connectivity index (χ0v) is 15.0. The first-order valence-corrected chi connectivity index (χ1v) is 8.20. The molecule has 0 unspecified atom stereocenters. The third kappa shape index (κ3) is 3.65. The fraction of sp³-hybridized carbons (Fsp3) is 0.111. The number of benzene rings is 1. The maximum absolute atomic E-state index is 13.0. The van der Waals surface area contributed by atoms with E-state index in [1.807, 2.05) is 0 Å². The maximum atomic E-state index is 13.0. The summed E-state index contributed by atoms with van der Waals surface area (Å²) in [5.74, 6) is -1.33. The van der Waals surface area contributed by atoms with Gasteiger partial charge in [0.25, 0.3) is 5.78 Å². The van der Waals surface area contributed by atoms with Gasteiger partial charge in [-0.1, -0.05) is 22.0 Å². The van der Waals surface area contributed by atoms with Gasteiger partial charge in [0.2, 0.25) is 0 Å². The highest BCUT2D eigenvalue weighted by Crippen LogP contribution is 2.32. The third-order valence-electron chi connectivity index (χ3n) is 3.69. The van der Waals surface area contributed by atoms with Crippen molar-refractivity contribution >= 4 is 44.8 Å². The topological polar surface area (TPSA) is 55.0 Å². The van der Waals surface area contributed by atoms with Crippen LogP contribution in [0.15, 0.2) is 41.0 Å². The molecule has 0 aliphatic heterocycles. The predicted octanol–water partition coefficient (Wildman–Crippen LogP) is 5.25. The molecule has 0 saturated heterocycles. The van der Waals surface area contributed by atoms with Crippen LogP contribution in [0.1, 0.15) is 21.7 Å². The highest BCUT2D eigenvalue weighted by Gasteiger charge is 2.41. The number of rotatable bonds is 4. The second-order valence-electron chi connectivity index (χ2n) is 5.39. The highest BCUT2D eigenvalue weighted by atomic mass is 79.9. The normalized spacial score (nSPS) is 12.0. The van der Waals surface area contributed by atoms with Gasteiger partial charge in [0.05, 0.1) is 30.3 Å². The summed E-state index contributed by atoms with van der Waals surface area (Å²) in [5, 5.41) is 0.206. The number of carbonyl (C=O) groups excluding carboxylic acids is 1. The number of nitrogens with zero attached hydrogens (tertiary/aromatic N) is 1. The molecule has 26 heavy (non-hydrogen) atoms. The van der Waals surface area contributed by atoms with Crippen molar-refractivity contribution in [3.63, 3.8) is 0 Å². The molecular weight excluding hydrogens is 413 g/mol. The summed E-state index contributed by atoms with van der Waals surface area (Å²) in [6, 6.07) is 8.00. The summed E-state index contributed by atoms with van der Waals surface area (Å²) >= 11 is 3.27. The highest BCUT2D eigenvalue weighted by molar-refractivity contribution is 9.10. The standard InChI is InChI=1S/C18H12BrF3N2O2/c1-26-12-5-3-11(23-9-12)4-7-14-16(17(25)18(20,21)22)13-6-2-10(19)8-15(13)24-14/h2-9,24H,1H3. The number of aromatic amines is 1. The number of fused-ring (bicyclic) bond motifs is 1. The Morgan fingerprint density at radius 1 is 1.23 bits per heavy atom. The van der Waals surface area contributed by atoms with E-state index in [4.69, 9.17) is 4.74 Å². The number of H-pyrrole nitrogens is 1. The molecule has 0 saturated carbocycles. The van der Waals surface area contributed by atoms with Crippen LogP contribution in [-0.2, 0) is 0 Å². The summed E-state index contributed by atoms with van der Waals surface area (Å²) in [6.45, 7) is 0. The summed E-state index contributed by atoms with van der Waals surface area (Å²) in [4.78, 5) is 18.9. The van der Waals surface area contributed by atoms with Gasteiger partial charge in [-0.15, -0.1) is 0 Å². The van der Waals surface area contributed by atoms with Crippen molar-refractivity contribution in [2.24, 2.45) is 0 Å². The average Bonchev–Trinajstić information content (AvgIpc) is 2.96. The largest absolute Gasteiger partial charge is 0.495 e. The molecule has 3 rings (SSSR count). The minimum absolute atomic E-state index is 0.0676. The molecule has 1 aromatic carbocycles. The molecule has 4 nitrogen and oxygen atoms in total. The molecule has 2 aromatic heterocycles. The lowest BCUT2D eigenvalue weighted by Gasteiger charge is -2.05. The van der Waals surface area contributed by atoms with E-state index < -0.39 is 17.5 Å². The molecule has 0 radical (unpaired) electrons. The van der Waals surface area contributed by atoms with Crippen LogP contribution in [-0.4, -0.2) is 29.0 Å². The number of ketones is 1. The van der Waals surface area contributed by atoms with Crippen LogP contribution in [0, 0.1) is 0 Å². The Bertz CT molecular complexity index is 992. The predicted molar refractivity (Wildman–Crippen MR) is 96.1 cm³/mol. The molecule has 8 heteroatoms. The van der Waals surface area contributed by atoms with Crippen LogP contribution in [0.4, 0.5) is 13.2 Å². The van der Waals surface area contributed by atoms with E-state index in [9.17, 15) is 18.0 Å². The van der Waals surface area contributed by atoms with Crippen LogP contribution in [0.3, 0.4) is 0 Å². The Hall–Kier alpha value is -2.61. The van der Waals surface area contributed by atoms with Gasteiger partial charge in [0.15, 0.2) is 0 Å². The van der Waals surface area contributed by atoms with Crippen molar-refractivity contribution < 1.29 is 22.7 Å². The van der Waals surface area contributed by atoms with Gasteiger partial charge in [-0.05, 0) is 36.4 Å². The lowest BCUT2D eigenvalue weighted by atomic mass is 10.1. The number of halogens is 4. The number of alkyl halides is 3. The molecule has 1 N–H and O–H groups in total. The average molecular weight is 425 g/mol. The monoisotopic (exact) mass is 424 g/mol. The van der Waals surface area contributed by atoms with Gasteiger partial charge in [0.1, 0.15) is 5.75 Å². The molecular formula is C18H12BrF3N2O2. The summed E-state index contributed by atoms with van der Waals surface area (Å²) < 4.78 is 44.8.